The van der Waals surface area contributed by atoms with Crippen molar-refractivity contribution < 1.29 is 13.9 Å². The Morgan fingerprint density at radius 3 is 2.73 bits per heavy atom. The molecule has 4 heterocycles. The number of hydrogen-bond donors (Lipinski definition) is 0. The molecule has 22 heavy (non-hydrogen) atoms. The van der Waals surface area contributed by atoms with Crippen molar-refractivity contribution in [3.8, 4) is 0 Å². The number of hydrogen-bond acceptors (Lipinski definition) is 6. The van der Waals surface area contributed by atoms with Crippen LogP contribution in [0.3, 0.4) is 0 Å². The van der Waals surface area contributed by atoms with Crippen LogP contribution in [0.25, 0.3) is 0 Å². The fourth-order valence-corrected chi connectivity index (χ4v) is 4.13. The summed E-state index contributed by atoms with van der Waals surface area (Å²) in [5.74, 6) is 2.07. The molecule has 0 unspecified atom stereocenters. The molecular formula is C16H25N3O3. The molecule has 1 aromatic rings. The molecule has 3 fully saturated rings. The van der Waals surface area contributed by atoms with Crippen LogP contribution in [-0.4, -0.2) is 53.5 Å². The maximum absolute atomic E-state index is 6.27. The van der Waals surface area contributed by atoms with E-state index in [0.29, 0.717) is 23.9 Å². The van der Waals surface area contributed by atoms with Crippen molar-refractivity contribution in [1.29, 1.82) is 0 Å². The highest BCUT2D eigenvalue weighted by atomic mass is 16.5. The van der Waals surface area contributed by atoms with E-state index >= 15 is 0 Å². The number of nitrogens with zero attached hydrogens (tertiary/aromatic N) is 3. The maximum atomic E-state index is 6.27. The van der Waals surface area contributed by atoms with E-state index in [4.69, 9.17) is 13.9 Å². The summed E-state index contributed by atoms with van der Waals surface area (Å²) in [6.07, 6.45) is 6.00. The largest absolute Gasteiger partial charge is 0.423 e. The average Bonchev–Trinajstić information content (AvgIpc) is 3.15. The molecule has 122 valence electrons. The molecule has 3 aliphatic heterocycles. The summed E-state index contributed by atoms with van der Waals surface area (Å²) in [5, 5.41) is 8.05. The van der Waals surface area contributed by atoms with E-state index in [1.165, 1.54) is 25.8 Å². The molecule has 3 atom stereocenters. The lowest BCUT2D eigenvalue weighted by Gasteiger charge is -2.36. The van der Waals surface area contributed by atoms with Crippen LogP contribution >= 0.6 is 0 Å². The van der Waals surface area contributed by atoms with Gasteiger partial charge in [-0.2, -0.15) is 0 Å². The van der Waals surface area contributed by atoms with Crippen molar-refractivity contribution in [1.82, 2.24) is 15.1 Å². The van der Waals surface area contributed by atoms with Crippen LogP contribution in [0.1, 0.15) is 50.0 Å². The zero-order valence-corrected chi connectivity index (χ0v) is 13.2. The van der Waals surface area contributed by atoms with Gasteiger partial charge in [-0.25, -0.2) is 0 Å². The summed E-state index contributed by atoms with van der Waals surface area (Å²) in [7, 11) is 0. The summed E-state index contributed by atoms with van der Waals surface area (Å²) in [5.41, 5.74) is 0. The highest BCUT2D eigenvalue weighted by molar-refractivity contribution is 4.97. The number of ether oxygens (including phenoxy) is 2. The van der Waals surface area contributed by atoms with Gasteiger partial charge in [0.05, 0.1) is 6.10 Å². The Morgan fingerprint density at radius 1 is 1.09 bits per heavy atom. The lowest BCUT2D eigenvalue weighted by atomic mass is 9.96. The zero-order valence-electron chi connectivity index (χ0n) is 13.2. The zero-order chi connectivity index (χ0) is 14.9. The van der Waals surface area contributed by atoms with Gasteiger partial charge in [0, 0.05) is 39.3 Å². The first-order valence-corrected chi connectivity index (χ1v) is 8.57. The van der Waals surface area contributed by atoms with E-state index in [1.54, 1.807) is 0 Å². The van der Waals surface area contributed by atoms with Gasteiger partial charge in [0.1, 0.15) is 6.10 Å². The number of rotatable bonds is 3. The summed E-state index contributed by atoms with van der Waals surface area (Å²) >= 11 is 0. The van der Waals surface area contributed by atoms with Gasteiger partial charge in [-0.15, -0.1) is 10.2 Å². The molecular weight excluding hydrogens is 282 g/mol. The van der Waals surface area contributed by atoms with Gasteiger partial charge in [-0.1, -0.05) is 0 Å². The summed E-state index contributed by atoms with van der Waals surface area (Å²) in [4.78, 5) is 2.65. The molecule has 6 nitrogen and oxygen atoms in total. The molecule has 0 radical (unpaired) electrons. The maximum Gasteiger partial charge on any atom is 0.245 e. The third-order valence-electron chi connectivity index (χ3n) is 5.31. The van der Waals surface area contributed by atoms with Gasteiger partial charge >= 0.3 is 0 Å². The topological polar surface area (TPSA) is 60.6 Å². The third kappa shape index (κ3) is 2.92. The van der Waals surface area contributed by atoms with Gasteiger partial charge in [-0.3, -0.25) is 4.90 Å². The first kappa shape index (κ1) is 14.6. The van der Waals surface area contributed by atoms with Crippen molar-refractivity contribution in [2.45, 2.75) is 57.3 Å². The minimum absolute atomic E-state index is 0.00881. The van der Waals surface area contributed by atoms with Crippen LogP contribution < -0.4 is 0 Å². The van der Waals surface area contributed by atoms with E-state index in [0.717, 1.165) is 38.5 Å². The van der Waals surface area contributed by atoms with Crippen LogP contribution in [0.15, 0.2) is 4.42 Å². The molecule has 0 amide bonds. The highest BCUT2D eigenvalue weighted by Gasteiger charge is 2.42. The number of aromatic nitrogens is 2. The predicted octanol–water partition coefficient (Wildman–Crippen LogP) is 2.10. The molecule has 0 spiro atoms. The van der Waals surface area contributed by atoms with Crippen LogP contribution in [0.2, 0.25) is 0 Å². The monoisotopic (exact) mass is 307 g/mol. The molecule has 0 bridgehead atoms. The van der Waals surface area contributed by atoms with Crippen LogP contribution in [0.5, 0.6) is 0 Å². The Kier molecular flexibility index (Phi) is 4.15. The van der Waals surface area contributed by atoms with Gasteiger partial charge in [0.2, 0.25) is 11.8 Å². The molecule has 1 aromatic heterocycles. The van der Waals surface area contributed by atoms with Crippen LogP contribution in [-0.2, 0) is 9.47 Å². The smallest absolute Gasteiger partial charge is 0.245 e. The van der Waals surface area contributed by atoms with Crippen molar-refractivity contribution >= 4 is 0 Å². The third-order valence-corrected chi connectivity index (χ3v) is 5.31. The second-order valence-corrected chi connectivity index (χ2v) is 6.81. The average molecular weight is 307 g/mol. The number of aryl methyl sites for hydroxylation is 1. The summed E-state index contributed by atoms with van der Waals surface area (Å²) in [6.45, 7) is 6.05. The van der Waals surface area contributed by atoms with Gasteiger partial charge in [0.15, 0.2) is 0 Å². The first-order chi connectivity index (χ1) is 10.8. The highest BCUT2D eigenvalue weighted by Crippen LogP contribution is 2.38. The van der Waals surface area contributed by atoms with E-state index in [1.807, 2.05) is 6.92 Å². The van der Waals surface area contributed by atoms with E-state index < -0.39 is 0 Å². The molecule has 4 rings (SSSR count). The van der Waals surface area contributed by atoms with E-state index in [9.17, 15) is 0 Å². The van der Waals surface area contributed by atoms with Gasteiger partial charge < -0.3 is 13.9 Å². The van der Waals surface area contributed by atoms with Crippen molar-refractivity contribution in [2.75, 3.05) is 26.3 Å². The first-order valence-electron chi connectivity index (χ1n) is 8.57. The lowest BCUT2D eigenvalue weighted by Crippen LogP contribution is -2.43. The molecule has 0 N–H and O–H groups in total. The number of likely N-dealkylation sites (tertiary alicyclic amines) is 1. The van der Waals surface area contributed by atoms with Crippen molar-refractivity contribution in [2.24, 2.45) is 5.92 Å². The fraction of sp³-hybridized carbons (Fsp3) is 0.875. The van der Waals surface area contributed by atoms with Crippen LogP contribution in [0.4, 0.5) is 0 Å². The van der Waals surface area contributed by atoms with E-state index in [2.05, 4.69) is 15.1 Å². The molecule has 0 saturated carbocycles. The normalized spacial score (nSPS) is 34.0. The Bertz CT molecular complexity index is 501. The molecule has 3 aliphatic rings. The van der Waals surface area contributed by atoms with Crippen molar-refractivity contribution in [3.63, 3.8) is 0 Å². The second-order valence-electron chi connectivity index (χ2n) is 6.81. The second kappa shape index (κ2) is 6.26. The van der Waals surface area contributed by atoms with E-state index in [-0.39, 0.29) is 6.10 Å². The predicted molar refractivity (Wildman–Crippen MR) is 79.4 cm³/mol. The quantitative estimate of drug-likeness (QED) is 0.852. The Hall–Kier alpha value is -0.980. The molecule has 6 heteroatoms. The fourth-order valence-electron chi connectivity index (χ4n) is 4.13. The Morgan fingerprint density at radius 2 is 1.95 bits per heavy atom. The minimum Gasteiger partial charge on any atom is -0.423 e. The Labute approximate surface area is 131 Å². The SMILES string of the molecule is Cc1nnc([C@H]2CC[C@@H]3[C@@H](CCN3CC3CCOCC3)O2)o1. The van der Waals surface area contributed by atoms with Crippen LogP contribution in [0, 0.1) is 12.8 Å². The molecule has 0 aliphatic carbocycles. The number of fused-ring (bicyclic) bond motifs is 1. The lowest BCUT2D eigenvalue weighted by molar-refractivity contribution is -0.0833. The van der Waals surface area contributed by atoms with Gasteiger partial charge in [0.25, 0.3) is 0 Å². The molecule has 0 aromatic carbocycles. The minimum atomic E-state index is -0.00881. The Balaban J connectivity index is 1.35. The summed E-state index contributed by atoms with van der Waals surface area (Å²) in [6, 6.07) is 0.572. The molecule has 3 saturated heterocycles. The standard InChI is InChI=1S/C16H25N3O3/c1-11-17-18-16(21-11)15-3-2-13-14(22-15)4-7-19(13)10-12-5-8-20-9-6-12/h12-15H,2-10H2,1H3/t13-,14-,15-/m1/s1. The van der Waals surface area contributed by atoms with Gasteiger partial charge in [-0.05, 0) is 38.0 Å². The summed E-state index contributed by atoms with van der Waals surface area (Å²) < 4.78 is 17.3. The van der Waals surface area contributed by atoms with Crippen molar-refractivity contribution in [3.05, 3.63) is 11.8 Å².